The quantitative estimate of drug-likeness (QED) is 0.158. The minimum atomic E-state index is -1.27. The Morgan fingerprint density at radius 3 is 2.76 bits per heavy atom. The summed E-state index contributed by atoms with van der Waals surface area (Å²) in [6, 6.07) is 21.5. The zero-order chi connectivity index (χ0) is 26.1. The number of hydrogen-bond donors (Lipinski definition) is 2. The maximum Gasteiger partial charge on any atom is 0.252 e. The van der Waals surface area contributed by atoms with Gasteiger partial charge in [0.2, 0.25) is 5.90 Å². The summed E-state index contributed by atoms with van der Waals surface area (Å²) < 4.78 is 11.5. The summed E-state index contributed by atoms with van der Waals surface area (Å²) in [5.41, 5.74) is 10.4. The van der Waals surface area contributed by atoms with Gasteiger partial charge in [-0.3, -0.25) is 4.79 Å². The van der Waals surface area contributed by atoms with E-state index in [1.54, 1.807) is 48.5 Å². The van der Waals surface area contributed by atoms with E-state index in [0.717, 1.165) is 5.56 Å². The molecule has 10 heteroatoms. The van der Waals surface area contributed by atoms with Crippen molar-refractivity contribution in [2.45, 2.75) is 24.9 Å². The van der Waals surface area contributed by atoms with E-state index in [4.69, 9.17) is 36.7 Å². The molecule has 0 unspecified atom stereocenters. The van der Waals surface area contributed by atoms with E-state index in [9.17, 15) is 4.79 Å². The SMILES string of the molecule is [N-]=[N+]=Nc1ccccc1C[C@]1(C(=O)NCc2cccc(Cl)c2)COC(c2ccc(OCCCO)cc2)=N1. The average Bonchev–Trinajstić information content (AvgIpc) is 3.34. The van der Waals surface area contributed by atoms with Crippen molar-refractivity contribution in [3.63, 3.8) is 0 Å². The molecule has 0 fully saturated rings. The fourth-order valence-corrected chi connectivity index (χ4v) is 4.16. The number of nitrogens with zero attached hydrogens (tertiary/aromatic N) is 4. The highest BCUT2D eigenvalue weighted by Gasteiger charge is 2.44. The molecular weight excluding hydrogens is 494 g/mol. The van der Waals surface area contributed by atoms with E-state index in [1.807, 2.05) is 24.3 Å². The number of amides is 1. The molecule has 1 amide bonds. The van der Waals surface area contributed by atoms with Gasteiger partial charge in [0, 0.05) is 47.2 Å². The van der Waals surface area contributed by atoms with E-state index in [-0.39, 0.29) is 32.1 Å². The largest absolute Gasteiger partial charge is 0.494 e. The molecule has 3 aromatic carbocycles. The third-order valence-electron chi connectivity index (χ3n) is 5.83. The van der Waals surface area contributed by atoms with Gasteiger partial charge in [0.05, 0.1) is 6.61 Å². The Balaban J connectivity index is 1.61. The Bertz CT molecular complexity index is 1320. The molecule has 190 valence electrons. The van der Waals surface area contributed by atoms with E-state index in [1.165, 1.54) is 0 Å². The molecule has 3 aromatic rings. The fourth-order valence-electron chi connectivity index (χ4n) is 3.94. The summed E-state index contributed by atoms with van der Waals surface area (Å²) in [5, 5.41) is 16.2. The number of hydrogen-bond acceptors (Lipinski definition) is 6. The molecule has 1 atom stereocenters. The van der Waals surface area contributed by atoms with Crippen molar-refractivity contribution in [3.8, 4) is 5.75 Å². The van der Waals surface area contributed by atoms with E-state index in [2.05, 4.69) is 15.3 Å². The number of rotatable bonds is 11. The number of carbonyl (C=O) groups is 1. The second kappa shape index (κ2) is 12.3. The maximum absolute atomic E-state index is 13.6. The van der Waals surface area contributed by atoms with Crippen LogP contribution in [0, 0.1) is 0 Å². The molecule has 1 heterocycles. The topological polar surface area (TPSA) is 129 Å². The predicted molar refractivity (Wildman–Crippen MR) is 141 cm³/mol. The molecule has 1 aliphatic heterocycles. The lowest BCUT2D eigenvalue weighted by atomic mass is 9.90. The minimum absolute atomic E-state index is 0.0169. The molecule has 1 aliphatic rings. The number of carbonyl (C=O) groups excluding carboxylic acids is 1. The van der Waals surface area contributed by atoms with Crippen LogP contribution in [0.5, 0.6) is 5.75 Å². The molecule has 0 spiro atoms. The van der Waals surface area contributed by atoms with Crippen molar-refractivity contribution in [1.82, 2.24) is 5.32 Å². The Morgan fingerprint density at radius 2 is 2.00 bits per heavy atom. The summed E-state index contributed by atoms with van der Waals surface area (Å²) in [5.74, 6) is 0.674. The first-order valence-corrected chi connectivity index (χ1v) is 12.1. The van der Waals surface area contributed by atoms with E-state index in [0.29, 0.717) is 46.5 Å². The molecule has 0 saturated carbocycles. The second-order valence-electron chi connectivity index (χ2n) is 8.49. The third-order valence-corrected chi connectivity index (χ3v) is 6.06. The van der Waals surface area contributed by atoms with Gasteiger partial charge in [-0.25, -0.2) is 4.99 Å². The zero-order valence-electron chi connectivity index (χ0n) is 20.0. The Hall–Kier alpha value is -4.04. The third kappa shape index (κ3) is 6.59. The van der Waals surface area contributed by atoms with Crippen LogP contribution >= 0.6 is 11.6 Å². The first-order valence-electron chi connectivity index (χ1n) is 11.8. The van der Waals surface area contributed by atoms with Crippen molar-refractivity contribution >= 4 is 29.1 Å². The van der Waals surface area contributed by atoms with Crippen molar-refractivity contribution in [2.75, 3.05) is 19.8 Å². The summed E-state index contributed by atoms with van der Waals surface area (Å²) in [4.78, 5) is 21.3. The Morgan fingerprint density at radius 1 is 1.19 bits per heavy atom. The van der Waals surface area contributed by atoms with Crippen molar-refractivity contribution in [3.05, 3.63) is 105 Å². The molecule has 0 radical (unpaired) electrons. The highest BCUT2D eigenvalue weighted by Crippen LogP contribution is 2.31. The smallest absolute Gasteiger partial charge is 0.252 e. The second-order valence-corrected chi connectivity index (χ2v) is 8.93. The lowest BCUT2D eigenvalue weighted by Crippen LogP contribution is -2.48. The Kier molecular flexibility index (Phi) is 8.64. The van der Waals surface area contributed by atoms with Gasteiger partial charge >= 0.3 is 0 Å². The van der Waals surface area contributed by atoms with E-state index < -0.39 is 5.54 Å². The number of aliphatic hydroxyl groups is 1. The number of halogens is 1. The molecule has 2 N–H and O–H groups in total. The summed E-state index contributed by atoms with van der Waals surface area (Å²) >= 11 is 6.09. The lowest BCUT2D eigenvalue weighted by Gasteiger charge is -2.24. The van der Waals surface area contributed by atoms with Gasteiger partial charge in [-0.15, -0.1) is 0 Å². The summed E-state index contributed by atoms with van der Waals surface area (Å²) in [6.07, 6.45) is 0.719. The fraction of sp³-hybridized carbons (Fsp3) is 0.259. The standard InChI is InChI=1S/C27H26ClN5O4/c28-22-7-3-5-19(15-22)17-30-26(35)27(16-21-6-1-2-8-24(21)32-33-29)18-37-25(31-27)20-9-11-23(12-10-20)36-14-4-13-34/h1-3,5-12,15,34H,4,13-14,16-18H2,(H,30,35)/t27-/m1/s1. The van der Waals surface area contributed by atoms with Crippen LogP contribution in [0.1, 0.15) is 23.1 Å². The van der Waals surface area contributed by atoms with Crippen LogP contribution in [0.2, 0.25) is 5.02 Å². The van der Waals surface area contributed by atoms with E-state index >= 15 is 0 Å². The van der Waals surface area contributed by atoms with Gasteiger partial charge in [0.1, 0.15) is 12.4 Å². The van der Waals surface area contributed by atoms with Gasteiger partial charge in [-0.2, -0.15) is 0 Å². The van der Waals surface area contributed by atoms with Gasteiger partial charge in [0.25, 0.3) is 5.91 Å². The van der Waals surface area contributed by atoms with Crippen LogP contribution in [-0.2, 0) is 22.5 Å². The normalized spacial score (nSPS) is 16.3. The maximum atomic E-state index is 13.6. The predicted octanol–water partition coefficient (Wildman–Crippen LogP) is 5.12. The molecule has 0 bridgehead atoms. The van der Waals surface area contributed by atoms with Gasteiger partial charge in [-0.05, 0) is 53.1 Å². The molecule has 4 rings (SSSR count). The van der Waals surface area contributed by atoms with Crippen molar-refractivity contribution in [1.29, 1.82) is 0 Å². The molecular formula is C27H26ClN5O4. The van der Waals surface area contributed by atoms with Crippen LogP contribution < -0.4 is 10.1 Å². The Labute approximate surface area is 219 Å². The lowest BCUT2D eigenvalue weighted by molar-refractivity contribution is -0.126. The van der Waals surface area contributed by atoms with Gasteiger partial charge in [0.15, 0.2) is 5.54 Å². The highest BCUT2D eigenvalue weighted by molar-refractivity contribution is 6.30. The van der Waals surface area contributed by atoms with Crippen LogP contribution in [0.25, 0.3) is 10.4 Å². The molecule has 0 aliphatic carbocycles. The summed E-state index contributed by atoms with van der Waals surface area (Å²) in [7, 11) is 0. The number of nitrogens with one attached hydrogen (secondary N) is 1. The van der Waals surface area contributed by atoms with Crippen LogP contribution in [0.4, 0.5) is 5.69 Å². The van der Waals surface area contributed by atoms with Crippen molar-refractivity contribution in [2.24, 2.45) is 10.1 Å². The number of aliphatic imine (C=N–C) groups is 1. The zero-order valence-corrected chi connectivity index (χ0v) is 20.8. The van der Waals surface area contributed by atoms with Crippen molar-refractivity contribution < 1.29 is 19.4 Å². The molecule has 9 nitrogen and oxygen atoms in total. The van der Waals surface area contributed by atoms with Crippen LogP contribution in [-0.4, -0.2) is 42.3 Å². The number of azide groups is 1. The van der Waals surface area contributed by atoms with Gasteiger partial charge in [-0.1, -0.05) is 53.1 Å². The number of benzene rings is 3. The van der Waals surface area contributed by atoms with Crippen LogP contribution in [0.3, 0.4) is 0 Å². The first-order chi connectivity index (χ1) is 18.0. The minimum Gasteiger partial charge on any atom is -0.494 e. The summed E-state index contributed by atoms with van der Waals surface area (Å²) in [6.45, 7) is 0.758. The van der Waals surface area contributed by atoms with Crippen LogP contribution in [0.15, 0.2) is 82.9 Å². The number of ether oxygens (including phenoxy) is 2. The van der Waals surface area contributed by atoms with Gasteiger partial charge < -0.3 is 19.9 Å². The molecule has 0 aromatic heterocycles. The first kappa shape index (κ1) is 26.0. The molecule has 37 heavy (non-hydrogen) atoms. The molecule has 0 saturated heterocycles. The number of aliphatic hydroxyl groups excluding tert-OH is 1. The highest BCUT2D eigenvalue weighted by atomic mass is 35.5. The monoisotopic (exact) mass is 519 g/mol. The average molecular weight is 520 g/mol.